The van der Waals surface area contributed by atoms with E-state index in [0.717, 1.165) is 48.6 Å². The van der Waals surface area contributed by atoms with E-state index in [4.69, 9.17) is 5.11 Å². The predicted octanol–water partition coefficient (Wildman–Crippen LogP) is 2.25. The van der Waals surface area contributed by atoms with E-state index in [9.17, 15) is 39.0 Å². The van der Waals surface area contributed by atoms with E-state index < -0.39 is 48.5 Å². The zero-order valence-corrected chi connectivity index (χ0v) is 27.2. The molecule has 3 atom stereocenters. The highest BCUT2D eigenvalue weighted by Crippen LogP contribution is 2.28. The van der Waals surface area contributed by atoms with Crippen LogP contribution in [0.1, 0.15) is 63.4 Å². The monoisotopic (exact) mass is 669 g/mol. The highest BCUT2D eigenvalue weighted by atomic mass is 16.4. The van der Waals surface area contributed by atoms with Crippen molar-refractivity contribution in [3.63, 3.8) is 0 Å². The molecule has 0 spiro atoms. The number of benzene rings is 2. The van der Waals surface area contributed by atoms with Crippen molar-refractivity contribution in [2.45, 2.75) is 82.3 Å². The lowest BCUT2D eigenvalue weighted by Gasteiger charge is -2.29. The summed E-state index contributed by atoms with van der Waals surface area (Å²) in [6.45, 7) is 1.12. The van der Waals surface area contributed by atoms with Crippen molar-refractivity contribution in [2.24, 2.45) is 11.8 Å². The van der Waals surface area contributed by atoms with Crippen LogP contribution in [0, 0.1) is 11.8 Å². The average molecular weight is 670 g/mol. The van der Waals surface area contributed by atoms with E-state index >= 15 is 0 Å². The van der Waals surface area contributed by atoms with Gasteiger partial charge in [-0.15, -0.1) is 0 Å². The van der Waals surface area contributed by atoms with Crippen LogP contribution in [0.4, 0.5) is 4.79 Å². The average Bonchev–Trinajstić information content (AvgIpc) is 3.05. The number of urea groups is 1. The Balaban J connectivity index is 1.54. The van der Waals surface area contributed by atoms with Crippen LogP contribution in [0.5, 0.6) is 0 Å². The Morgan fingerprint density at radius 3 is 2.04 bits per heavy atom. The molecule has 0 bridgehead atoms. The predicted molar refractivity (Wildman–Crippen MR) is 177 cm³/mol. The molecule has 1 saturated carbocycles. The minimum Gasteiger partial charge on any atom is -0.481 e. The Hall–Kier alpha value is -4.72. The first-order valence-corrected chi connectivity index (χ1v) is 16.4. The molecular weight excluding hydrogens is 622 g/mol. The SMILES string of the molecule is CNCC1CCC(C(=O)N[C@@H](Cc2ccc3ccccc3c2)C(=O)NCCCC[C@H](NC(=O)N[C@@H](CCC(=O)O)C(=O)O)C(=O)O)CC1. The van der Waals surface area contributed by atoms with Crippen molar-refractivity contribution >= 4 is 46.5 Å². The normalized spacial score (nSPS) is 17.8. The fourth-order valence-corrected chi connectivity index (χ4v) is 5.97. The van der Waals surface area contributed by atoms with Gasteiger partial charge >= 0.3 is 23.9 Å². The number of aliphatic carboxylic acids is 3. The van der Waals surface area contributed by atoms with Crippen LogP contribution in [-0.2, 0) is 30.4 Å². The standard InChI is InChI=1S/C34H47N5O9/c1-35-20-21-9-13-24(14-10-21)30(42)37-28(19-22-11-12-23-6-2-3-7-25(23)18-22)31(43)36-17-5-4-8-26(32(44)45)38-34(48)39-27(33(46)47)15-16-29(40)41/h2-3,6-7,11-12,18,21,24,26-28,35H,4-5,8-10,13-17,19-20H2,1H3,(H,36,43)(H,37,42)(H,40,41)(H,44,45)(H,46,47)(H2,38,39,48)/t21?,24?,26-,27-,28-/m0/s1. The molecule has 48 heavy (non-hydrogen) atoms. The molecule has 0 aromatic heterocycles. The molecule has 1 fully saturated rings. The Labute approximate surface area is 279 Å². The minimum atomic E-state index is -1.50. The van der Waals surface area contributed by atoms with Crippen LogP contribution < -0.4 is 26.6 Å². The third-order valence-electron chi connectivity index (χ3n) is 8.67. The lowest BCUT2D eigenvalue weighted by atomic mass is 9.81. The molecule has 1 aliphatic carbocycles. The quantitative estimate of drug-likeness (QED) is 0.102. The molecule has 0 saturated heterocycles. The van der Waals surface area contributed by atoms with Gasteiger partial charge in [-0.25, -0.2) is 14.4 Å². The fourth-order valence-electron chi connectivity index (χ4n) is 5.97. The molecule has 262 valence electrons. The van der Waals surface area contributed by atoms with Gasteiger partial charge in [-0.1, -0.05) is 42.5 Å². The van der Waals surface area contributed by atoms with Gasteiger partial charge in [0.1, 0.15) is 18.1 Å². The van der Waals surface area contributed by atoms with Crippen LogP contribution in [0.15, 0.2) is 42.5 Å². The van der Waals surface area contributed by atoms with E-state index in [1.54, 1.807) is 0 Å². The number of hydrogen-bond donors (Lipinski definition) is 8. The maximum atomic E-state index is 13.4. The summed E-state index contributed by atoms with van der Waals surface area (Å²) in [7, 11) is 1.92. The van der Waals surface area contributed by atoms with Crippen LogP contribution in [-0.4, -0.2) is 89.3 Å². The highest BCUT2D eigenvalue weighted by Gasteiger charge is 2.30. The Morgan fingerprint density at radius 1 is 0.771 bits per heavy atom. The summed E-state index contributed by atoms with van der Waals surface area (Å²) in [6.07, 6.45) is 3.53. The van der Waals surface area contributed by atoms with E-state index in [0.29, 0.717) is 25.2 Å². The first-order chi connectivity index (χ1) is 23.0. The van der Waals surface area contributed by atoms with Crippen molar-refractivity contribution in [3.05, 3.63) is 48.0 Å². The molecule has 14 heteroatoms. The van der Waals surface area contributed by atoms with Gasteiger partial charge in [0.15, 0.2) is 0 Å². The lowest BCUT2D eigenvalue weighted by molar-refractivity contribution is -0.141. The van der Waals surface area contributed by atoms with Crippen molar-refractivity contribution in [1.82, 2.24) is 26.6 Å². The van der Waals surface area contributed by atoms with Gasteiger partial charge in [-0.3, -0.25) is 14.4 Å². The van der Waals surface area contributed by atoms with Crippen molar-refractivity contribution in [1.29, 1.82) is 0 Å². The summed E-state index contributed by atoms with van der Waals surface area (Å²) in [4.78, 5) is 72.7. The highest BCUT2D eigenvalue weighted by molar-refractivity contribution is 5.89. The number of carboxylic acid groups (broad SMARTS) is 3. The summed E-state index contributed by atoms with van der Waals surface area (Å²) in [5, 5.41) is 43.0. The first kappa shape index (κ1) is 37.7. The van der Waals surface area contributed by atoms with Crippen LogP contribution in [0.2, 0.25) is 0 Å². The maximum Gasteiger partial charge on any atom is 0.326 e. The molecule has 3 rings (SSSR count). The zero-order valence-electron chi connectivity index (χ0n) is 27.2. The number of fused-ring (bicyclic) bond motifs is 1. The van der Waals surface area contributed by atoms with E-state index in [-0.39, 0.29) is 37.1 Å². The number of carbonyl (C=O) groups excluding carboxylic acids is 3. The third kappa shape index (κ3) is 12.5. The molecule has 2 aromatic carbocycles. The van der Waals surface area contributed by atoms with Crippen molar-refractivity contribution in [2.75, 3.05) is 20.1 Å². The number of rotatable bonds is 19. The Morgan fingerprint density at radius 2 is 1.42 bits per heavy atom. The molecule has 0 heterocycles. The van der Waals surface area contributed by atoms with E-state index in [2.05, 4.69) is 26.6 Å². The topological polar surface area (TPSA) is 223 Å². The smallest absolute Gasteiger partial charge is 0.326 e. The fraction of sp³-hybridized carbons (Fsp3) is 0.529. The summed E-state index contributed by atoms with van der Waals surface area (Å²) < 4.78 is 0. The molecule has 1 aliphatic rings. The number of hydrogen-bond acceptors (Lipinski definition) is 7. The molecule has 2 aromatic rings. The summed E-state index contributed by atoms with van der Waals surface area (Å²) in [5.41, 5.74) is 0.897. The maximum absolute atomic E-state index is 13.4. The molecule has 0 unspecified atom stereocenters. The minimum absolute atomic E-state index is 0.00102. The Bertz CT molecular complexity index is 1430. The second-order valence-electron chi connectivity index (χ2n) is 12.3. The number of unbranched alkanes of at least 4 members (excludes halogenated alkanes) is 1. The van der Waals surface area contributed by atoms with Gasteiger partial charge in [0.25, 0.3) is 0 Å². The summed E-state index contributed by atoms with van der Waals surface area (Å²) in [5.74, 6) is -4.12. The molecular formula is C34H47N5O9. The third-order valence-corrected chi connectivity index (χ3v) is 8.67. The van der Waals surface area contributed by atoms with Gasteiger partial charge in [0.2, 0.25) is 11.8 Å². The first-order valence-electron chi connectivity index (χ1n) is 16.4. The lowest BCUT2D eigenvalue weighted by Crippen LogP contribution is -2.51. The second-order valence-corrected chi connectivity index (χ2v) is 12.3. The van der Waals surface area contributed by atoms with Crippen LogP contribution in [0.3, 0.4) is 0 Å². The van der Waals surface area contributed by atoms with Crippen molar-refractivity contribution < 1.29 is 44.1 Å². The van der Waals surface area contributed by atoms with E-state index in [1.165, 1.54) is 0 Å². The van der Waals surface area contributed by atoms with Crippen molar-refractivity contribution in [3.8, 4) is 0 Å². The molecule has 14 nitrogen and oxygen atoms in total. The number of carbonyl (C=O) groups is 6. The van der Waals surface area contributed by atoms with Crippen LogP contribution >= 0.6 is 0 Å². The van der Waals surface area contributed by atoms with Gasteiger partial charge in [-0.2, -0.15) is 0 Å². The van der Waals surface area contributed by atoms with Crippen LogP contribution in [0.25, 0.3) is 10.8 Å². The molecule has 0 radical (unpaired) electrons. The second kappa shape index (κ2) is 19.2. The van der Waals surface area contributed by atoms with Gasteiger partial charge in [0.05, 0.1) is 0 Å². The molecule has 0 aliphatic heterocycles. The van der Waals surface area contributed by atoms with Gasteiger partial charge in [0, 0.05) is 25.3 Å². The van der Waals surface area contributed by atoms with Gasteiger partial charge in [-0.05, 0) is 87.2 Å². The Kier molecular flexibility index (Phi) is 15.1. The summed E-state index contributed by atoms with van der Waals surface area (Å²) >= 11 is 0. The number of nitrogens with one attached hydrogen (secondary N) is 5. The molecule has 4 amide bonds. The molecule has 8 N–H and O–H groups in total. The zero-order chi connectivity index (χ0) is 35.1. The number of carboxylic acids is 3. The van der Waals surface area contributed by atoms with E-state index in [1.807, 2.05) is 49.5 Å². The number of amides is 4. The summed E-state index contributed by atoms with van der Waals surface area (Å²) in [6, 6.07) is 9.12. The van der Waals surface area contributed by atoms with Gasteiger partial charge < -0.3 is 41.9 Å². The largest absolute Gasteiger partial charge is 0.481 e.